The number of halogens is 1. The van der Waals surface area contributed by atoms with Crippen molar-refractivity contribution in [1.82, 2.24) is 15.0 Å². The number of ether oxygens (including phenoxy) is 2. The van der Waals surface area contributed by atoms with Crippen LogP contribution in [0.5, 0.6) is 11.5 Å². The topological polar surface area (TPSA) is 103 Å². The highest BCUT2D eigenvalue weighted by Crippen LogP contribution is 2.30. The Bertz CT molecular complexity index is 1350. The first-order valence-corrected chi connectivity index (χ1v) is 10.0. The number of aromatic nitrogens is 3. The van der Waals surface area contributed by atoms with Gasteiger partial charge in [-0.15, -0.1) is 0 Å². The largest absolute Gasteiger partial charge is 0.493 e. The average molecular weight is 434 g/mol. The van der Waals surface area contributed by atoms with Gasteiger partial charge in [-0.05, 0) is 47.9 Å². The van der Waals surface area contributed by atoms with Crippen molar-refractivity contribution in [3.8, 4) is 22.8 Å². The third-order valence-corrected chi connectivity index (χ3v) is 5.37. The fourth-order valence-corrected chi connectivity index (χ4v) is 3.75. The normalized spacial score (nSPS) is 11.0. The minimum Gasteiger partial charge on any atom is -0.493 e. The van der Waals surface area contributed by atoms with E-state index in [2.05, 4.69) is 15.0 Å². The molecule has 0 aliphatic carbocycles. The van der Waals surface area contributed by atoms with Gasteiger partial charge in [0.25, 0.3) is 5.56 Å². The highest BCUT2D eigenvalue weighted by Gasteiger charge is 2.13. The summed E-state index contributed by atoms with van der Waals surface area (Å²) in [4.78, 5) is 24.4. The number of nitrogens with zero attached hydrogens (tertiary/aromatic N) is 2. The fourth-order valence-electron chi connectivity index (χ4n) is 3.75. The van der Waals surface area contributed by atoms with E-state index in [9.17, 15) is 9.18 Å². The highest BCUT2D eigenvalue weighted by atomic mass is 19.1. The van der Waals surface area contributed by atoms with Gasteiger partial charge in [0.2, 0.25) is 0 Å². The van der Waals surface area contributed by atoms with Gasteiger partial charge in [0.05, 0.1) is 30.8 Å². The molecule has 2 aromatic carbocycles. The molecule has 7 nitrogen and oxygen atoms in total. The molecule has 0 unspecified atom stereocenters. The SMILES string of the molecule is COc1cc2nc(Cc3ccc(-c4cc(F)cc(C)c4CN)nc3)[nH]c(=O)c2cc1OC. The van der Waals surface area contributed by atoms with Crippen molar-refractivity contribution in [1.29, 1.82) is 0 Å². The molecule has 0 bridgehead atoms. The Labute approximate surface area is 184 Å². The molecule has 0 fully saturated rings. The Morgan fingerprint density at radius 2 is 1.84 bits per heavy atom. The highest BCUT2D eigenvalue weighted by molar-refractivity contribution is 5.81. The Kier molecular flexibility index (Phi) is 5.87. The van der Waals surface area contributed by atoms with Gasteiger partial charge in [-0.2, -0.15) is 0 Å². The average Bonchev–Trinajstić information content (AvgIpc) is 2.78. The Morgan fingerprint density at radius 1 is 1.09 bits per heavy atom. The lowest BCUT2D eigenvalue weighted by Gasteiger charge is -2.12. The minimum atomic E-state index is -0.328. The van der Waals surface area contributed by atoms with Crippen LogP contribution in [0.25, 0.3) is 22.2 Å². The van der Waals surface area contributed by atoms with Crippen molar-refractivity contribution in [3.05, 3.63) is 81.3 Å². The molecule has 0 radical (unpaired) electrons. The molecule has 4 rings (SSSR count). The first-order chi connectivity index (χ1) is 15.4. The molecule has 0 aliphatic rings. The molecule has 3 N–H and O–H groups in total. The number of nitrogens with one attached hydrogen (secondary N) is 1. The molecule has 32 heavy (non-hydrogen) atoms. The van der Waals surface area contributed by atoms with Gasteiger partial charge in [-0.1, -0.05) is 6.07 Å². The van der Waals surface area contributed by atoms with Gasteiger partial charge >= 0.3 is 0 Å². The van der Waals surface area contributed by atoms with Crippen LogP contribution in [0.1, 0.15) is 22.5 Å². The van der Waals surface area contributed by atoms with E-state index in [1.54, 1.807) is 18.3 Å². The van der Waals surface area contributed by atoms with Gasteiger partial charge < -0.3 is 20.2 Å². The number of hydrogen-bond acceptors (Lipinski definition) is 6. The maximum absolute atomic E-state index is 13.9. The third-order valence-electron chi connectivity index (χ3n) is 5.37. The van der Waals surface area contributed by atoms with E-state index in [4.69, 9.17) is 15.2 Å². The second kappa shape index (κ2) is 8.76. The van der Waals surface area contributed by atoms with Crippen LogP contribution in [0.3, 0.4) is 0 Å². The summed E-state index contributed by atoms with van der Waals surface area (Å²) in [5, 5.41) is 0.413. The molecule has 2 aromatic heterocycles. The molecule has 0 amide bonds. The van der Waals surface area contributed by atoms with Gasteiger partial charge in [0.15, 0.2) is 11.5 Å². The standard InChI is InChI=1S/C24H23FN4O3/c1-13-6-15(25)8-16(18(13)11-26)19-5-4-14(12-27-19)7-23-28-20-10-22(32-3)21(31-2)9-17(20)24(30)29-23/h4-6,8-10,12H,7,11,26H2,1-3H3,(H,28,29,30). The van der Waals surface area contributed by atoms with Crippen molar-refractivity contribution >= 4 is 10.9 Å². The lowest BCUT2D eigenvalue weighted by molar-refractivity contribution is 0.355. The Morgan fingerprint density at radius 3 is 2.50 bits per heavy atom. The Balaban J connectivity index is 1.66. The first-order valence-electron chi connectivity index (χ1n) is 10.0. The summed E-state index contributed by atoms with van der Waals surface area (Å²) in [6.45, 7) is 2.12. The van der Waals surface area contributed by atoms with E-state index >= 15 is 0 Å². The van der Waals surface area contributed by atoms with Crippen molar-refractivity contribution in [2.75, 3.05) is 14.2 Å². The number of benzene rings is 2. The molecule has 0 atom stereocenters. The summed E-state index contributed by atoms with van der Waals surface area (Å²) in [5.74, 6) is 1.12. The maximum atomic E-state index is 13.9. The first kappa shape index (κ1) is 21.5. The zero-order valence-electron chi connectivity index (χ0n) is 18.0. The lowest BCUT2D eigenvalue weighted by Crippen LogP contribution is -2.12. The minimum absolute atomic E-state index is 0.265. The lowest BCUT2D eigenvalue weighted by atomic mass is 9.98. The zero-order valence-corrected chi connectivity index (χ0v) is 18.0. The van der Waals surface area contributed by atoms with Gasteiger partial charge in [0.1, 0.15) is 11.6 Å². The molecule has 0 aliphatic heterocycles. The second-order valence-electron chi connectivity index (χ2n) is 7.42. The summed E-state index contributed by atoms with van der Waals surface area (Å²) >= 11 is 0. The van der Waals surface area contributed by atoms with E-state index in [-0.39, 0.29) is 11.4 Å². The third kappa shape index (κ3) is 4.04. The number of nitrogens with two attached hydrogens (primary N) is 1. The van der Waals surface area contributed by atoms with Crippen LogP contribution in [-0.2, 0) is 13.0 Å². The summed E-state index contributed by atoms with van der Waals surface area (Å²) in [6.07, 6.45) is 2.06. The molecular formula is C24H23FN4O3. The fraction of sp³-hybridized carbons (Fsp3) is 0.208. The van der Waals surface area contributed by atoms with Crippen LogP contribution >= 0.6 is 0 Å². The van der Waals surface area contributed by atoms with Crippen LogP contribution in [-0.4, -0.2) is 29.2 Å². The van der Waals surface area contributed by atoms with Crippen LogP contribution in [0, 0.1) is 12.7 Å². The number of fused-ring (bicyclic) bond motifs is 1. The predicted molar refractivity (Wildman–Crippen MR) is 121 cm³/mol. The van der Waals surface area contributed by atoms with E-state index in [1.165, 1.54) is 26.4 Å². The van der Waals surface area contributed by atoms with Gasteiger partial charge in [-0.3, -0.25) is 9.78 Å². The molecule has 8 heteroatoms. The molecule has 0 saturated carbocycles. The summed E-state index contributed by atoms with van der Waals surface area (Å²) in [6, 6.07) is 9.88. The van der Waals surface area contributed by atoms with Crippen LogP contribution in [0.15, 0.2) is 47.4 Å². The number of aryl methyl sites for hydroxylation is 1. The van der Waals surface area contributed by atoms with Crippen LogP contribution < -0.4 is 20.8 Å². The Hall–Kier alpha value is -3.78. The molecule has 4 aromatic rings. The van der Waals surface area contributed by atoms with E-state index in [1.807, 2.05) is 19.1 Å². The summed E-state index contributed by atoms with van der Waals surface area (Å²) in [7, 11) is 3.04. The number of pyridine rings is 1. The quantitative estimate of drug-likeness (QED) is 0.482. The van der Waals surface area contributed by atoms with Crippen molar-refractivity contribution in [3.63, 3.8) is 0 Å². The van der Waals surface area contributed by atoms with E-state index < -0.39 is 0 Å². The molecular weight excluding hydrogens is 411 g/mol. The summed E-state index contributed by atoms with van der Waals surface area (Å²) in [5.41, 5.74) is 9.91. The van der Waals surface area contributed by atoms with Crippen molar-refractivity contribution in [2.45, 2.75) is 19.9 Å². The van der Waals surface area contributed by atoms with Crippen molar-refractivity contribution in [2.24, 2.45) is 5.73 Å². The van der Waals surface area contributed by atoms with E-state index in [0.717, 1.165) is 16.7 Å². The van der Waals surface area contributed by atoms with Crippen LogP contribution in [0.4, 0.5) is 4.39 Å². The number of hydrogen-bond donors (Lipinski definition) is 2. The smallest absolute Gasteiger partial charge is 0.258 e. The van der Waals surface area contributed by atoms with Crippen molar-refractivity contribution < 1.29 is 13.9 Å². The number of H-pyrrole nitrogens is 1. The molecule has 0 saturated heterocycles. The number of rotatable bonds is 6. The zero-order chi connectivity index (χ0) is 22.8. The maximum Gasteiger partial charge on any atom is 0.258 e. The summed E-state index contributed by atoms with van der Waals surface area (Å²) < 4.78 is 24.5. The molecule has 0 spiro atoms. The van der Waals surface area contributed by atoms with E-state index in [0.29, 0.717) is 52.4 Å². The number of methoxy groups -OCH3 is 2. The van der Waals surface area contributed by atoms with Gasteiger partial charge in [-0.25, -0.2) is 9.37 Å². The monoisotopic (exact) mass is 434 g/mol. The van der Waals surface area contributed by atoms with Gasteiger partial charge in [0, 0.05) is 30.8 Å². The predicted octanol–water partition coefficient (Wildman–Crippen LogP) is 3.50. The number of aromatic amines is 1. The molecule has 2 heterocycles. The molecule has 164 valence electrons. The van der Waals surface area contributed by atoms with Crippen LogP contribution in [0.2, 0.25) is 0 Å². The second-order valence-corrected chi connectivity index (χ2v) is 7.42.